The van der Waals surface area contributed by atoms with E-state index in [0.717, 1.165) is 31.4 Å². The van der Waals surface area contributed by atoms with Gasteiger partial charge in [-0.2, -0.15) is 0 Å². The lowest BCUT2D eigenvalue weighted by atomic mass is 10.2. The fourth-order valence-corrected chi connectivity index (χ4v) is 1.34. The molecule has 0 unspecified atom stereocenters. The highest BCUT2D eigenvalue weighted by Crippen LogP contribution is 2.26. The Bertz CT molecular complexity index is 209. The minimum absolute atomic E-state index is 0.179. The molecule has 1 fully saturated rings. The van der Waals surface area contributed by atoms with Gasteiger partial charge >= 0.3 is 5.97 Å². The largest absolute Gasteiger partial charge is 0.480 e. The van der Waals surface area contributed by atoms with E-state index in [0.29, 0.717) is 6.04 Å². The van der Waals surface area contributed by atoms with E-state index >= 15 is 0 Å². The highest BCUT2D eigenvalue weighted by Gasteiger charge is 2.29. The summed E-state index contributed by atoms with van der Waals surface area (Å²) in [5.74, 6) is -0.728. The Labute approximate surface area is 79.0 Å². The van der Waals surface area contributed by atoms with Crippen LogP contribution < -0.4 is 0 Å². The lowest BCUT2D eigenvalue weighted by Gasteiger charge is -2.19. The standard InChI is InChI=1S/C10H17NO2/c1-8(2)5-6-11(7-10(12)13)9-3-4-9/h9H,1,3-7H2,2H3,(H,12,13). The van der Waals surface area contributed by atoms with Crippen LogP contribution in [0.15, 0.2) is 12.2 Å². The van der Waals surface area contributed by atoms with E-state index in [4.69, 9.17) is 5.11 Å². The third-order valence-corrected chi connectivity index (χ3v) is 2.23. The topological polar surface area (TPSA) is 40.5 Å². The Morgan fingerprint density at radius 2 is 2.23 bits per heavy atom. The highest BCUT2D eigenvalue weighted by atomic mass is 16.4. The molecule has 1 aliphatic rings. The number of carboxylic acids is 1. The fourth-order valence-electron chi connectivity index (χ4n) is 1.34. The summed E-state index contributed by atoms with van der Waals surface area (Å²) in [6.07, 6.45) is 3.22. The first-order chi connectivity index (χ1) is 6.09. The van der Waals surface area contributed by atoms with Crippen molar-refractivity contribution in [2.45, 2.75) is 32.2 Å². The average Bonchev–Trinajstić information content (AvgIpc) is 2.78. The summed E-state index contributed by atoms with van der Waals surface area (Å²) in [4.78, 5) is 12.6. The summed E-state index contributed by atoms with van der Waals surface area (Å²) in [7, 11) is 0. The molecule has 1 aliphatic carbocycles. The Balaban J connectivity index is 2.29. The number of hydrogen-bond donors (Lipinski definition) is 1. The molecule has 1 saturated carbocycles. The van der Waals surface area contributed by atoms with Crippen LogP contribution in [-0.4, -0.2) is 35.1 Å². The van der Waals surface area contributed by atoms with Crippen molar-refractivity contribution in [3.63, 3.8) is 0 Å². The maximum atomic E-state index is 10.5. The third-order valence-electron chi connectivity index (χ3n) is 2.23. The second-order valence-corrected chi connectivity index (χ2v) is 3.80. The molecule has 1 rings (SSSR count). The molecule has 3 nitrogen and oxygen atoms in total. The highest BCUT2D eigenvalue weighted by molar-refractivity contribution is 5.69. The smallest absolute Gasteiger partial charge is 0.317 e. The summed E-state index contributed by atoms with van der Waals surface area (Å²) >= 11 is 0. The van der Waals surface area contributed by atoms with Crippen molar-refractivity contribution in [3.8, 4) is 0 Å². The summed E-state index contributed by atoms with van der Waals surface area (Å²) in [5.41, 5.74) is 1.12. The summed E-state index contributed by atoms with van der Waals surface area (Å²) < 4.78 is 0. The number of aliphatic carboxylic acids is 1. The average molecular weight is 183 g/mol. The van der Waals surface area contributed by atoms with Crippen molar-refractivity contribution >= 4 is 5.97 Å². The van der Waals surface area contributed by atoms with Crippen LogP contribution in [-0.2, 0) is 4.79 Å². The van der Waals surface area contributed by atoms with Gasteiger partial charge in [0, 0.05) is 12.6 Å². The first-order valence-electron chi connectivity index (χ1n) is 4.70. The zero-order chi connectivity index (χ0) is 9.84. The predicted octanol–water partition coefficient (Wildman–Crippen LogP) is 1.50. The van der Waals surface area contributed by atoms with Gasteiger partial charge in [-0.15, -0.1) is 6.58 Å². The van der Waals surface area contributed by atoms with E-state index < -0.39 is 5.97 Å². The van der Waals surface area contributed by atoms with Gasteiger partial charge in [-0.3, -0.25) is 9.69 Å². The molecule has 0 spiro atoms. The second-order valence-electron chi connectivity index (χ2n) is 3.80. The second kappa shape index (κ2) is 4.42. The van der Waals surface area contributed by atoms with E-state index in [1.807, 2.05) is 11.8 Å². The van der Waals surface area contributed by atoms with Crippen molar-refractivity contribution in [1.82, 2.24) is 4.90 Å². The quantitative estimate of drug-likeness (QED) is 0.634. The van der Waals surface area contributed by atoms with Gasteiger partial charge in [0.15, 0.2) is 0 Å². The Morgan fingerprint density at radius 1 is 1.62 bits per heavy atom. The molecule has 0 amide bonds. The SMILES string of the molecule is C=C(C)CCN(CC(=O)O)C1CC1. The molecule has 0 aromatic carbocycles. The maximum Gasteiger partial charge on any atom is 0.317 e. The fraction of sp³-hybridized carbons (Fsp3) is 0.700. The van der Waals surface area contributed by atoms with Crippen LogP contribution >= 0.6 is 0 Å². The van der Waals surface area contributed by atoms with Crippen LogP contribution in [0.2, 0.25) is 0 Å². The van der Waals surface area contributed by atoms with Crippen LogP contribution in [0.3, 0.4) is 0 Å². The molecule has 1 N–H and O–H groups in total. The van der Waals surface area contributed by atoms with Crippen LogP contribution in [0.5, 0.6) is 0 Å². The Kier molecular flexibility index (Phi) is 3.48. The molecule has 0 aliphatic heterocycles. The van der Waals surface area contributed by atoms with Gasteiger partial charge < -0.3 is 5.11 Å². The molecular formula is C10H17NO2. The van der Waals surface area contributed by atoms with E-state index in [1.165, 1.54) is 0 Å². The van der Waals surface area contributed by atoms with Crippen molar-refractivity contribution < 1.29 is 9.90 Å². The zero-order valence-electron chi connectivity index (χ0n) is 8.12. The summed E-state index contributed by atoms with van der Waals surface area (Å²) in [6.45, 7) is 6.81. The molecule has 0 aromatic heterocycles. The first-order valence-corrected chi connectivity index (χ1v) is 4.70. The lowest BCUT2D eigenvalue weighted by Crippen LogP contribution is -2.32. The number of hydrogen-bond acceptors (Lipinski definition) is 2. The molecule has 13 heavy (non-hydrogen) atoms. The van der Waals surface area contributed by atoms with E-state index in [-0.39, 0.29) is 6.54 Å². The van der Waals surface area contributed by atoms with Gasteiger partial charge in [0.1, 0.15) is 0 Å². The Hall–Kier alpha value is -0.830. The molecular weight excluding hydrogens is 166 g/mol. The Morgan fingerprint density at radius 3 is 2.62 bits per heavy atom. The van der Waals surface area contributed by atoms with E-state index in [9.17, 15) is 4.79 Å². The predicted molar refractivity (Wildman–Crippen MR) is 51.7 cm³/mol. The molecule has 0 atom stereocenters. The van der Waals surface area contributed by atoms with Gasteiger partial charge in [0.05, 0.1) is 6.54 Å². The molecule has 0 heterocycles. The summed E-state index contributed by atoms with van der Waals surface area (Å²) in [6, 6.07) is 0.524. The number of nitrogens with zero attached hydrogens (tertiary/aromatic N) is 1. The minimum Gasteiger partial charge on any atom is -0.480 e. The van der Waals surface area contributed by atoms with E-state index in [2.05, 4.69) is 6.58 Å². The van der Waals surface area contributed by atoms with Crippen molar-refractivity contribution in [3.05, 3.63) is 12.2 Å². The number of carbonyl (C=O) groups is 1. The van der Waals surface area contributed by atoms with Crippen molar-refractivity contribution in [2.75, 3.05) is 13.1 Å². The molecule has 0 saturated heterocycles. The number of carboxylic acid groups (broad SMARTS) is 1. The molecule has 0 aromatic rings. The minimum atomic E-state index is -0.728. The van der Waals surface area contributed by atoms with Crippen LogP contribution in [0.1, 0.15) is 26.2 Å². The van der Waals surface area contributed by atoms with Crippen molar-refractivity contribution in [2.24, 2.45) is 0 Å². The monoisotopic (exact) mass is 183 g/mol. The zero-order valence-corrected chi connectivity index (χ0v) is 8.12. The molecule has 74 valence electrons. The molecule has 0 bridgehead atoms. The normalized spacial score (nSPS) is 16.2. The molecule has 3 heteroatoms. The third kappa shape index (κ3) is 4.08. The summed E-state index contributed by atoms with van der Waals surface area (Å²) in [5, 5.41) is 8.66. The van der Waals surface area contributed by atoms with Crippen LogP contribution in [0.4, 0.5) is 0 Å². The van der Waals surface area contributed by atoms with Gasteiger partial charge in [-0.05, 0) is 26.2 Å². The van der Waals surface area contributed by atoms with Crippen LogP contribution in [0.25, 0.3) is 0 Å². The van der Waals surface area contributed by atoms with Gasteiger partial charge in [0.2, 0.25) is 0 Å². The van der Waals surface area contributed by atoms with Crippen LogP contribution in [0, 0.1) is 0 Å². The maximum absolute atomic E-state index is 10.5. The number of rotatable bonds is 6. The van der Waals surface area contributed by atoms with Gasteiger partial charge in [0.25, 0.3) is 0 Å². The van der Waals surface area contributed by atoms with Gasteiger partial charge in [-0.25, -0.2) is 0 Å². The first kappa shape index (κ1) is 10.3. The molecule has 0 radical (unpaired) electrons. The van der Waals surface area contributed by atoms with Gasteiger partial charge in [-0.1, -0.05) is 5.57 Å². The van der Waals surface area contributed by atoms with E-state index in [1.54, 1.807) is 0 Å². The van der Waals surface area contributed by atoms with Crippen molar-refractivity contribution in [1.29, 1.82) is 0 Å². The lowest BCUT2D eigenvalue weighted by molar-refractivity contribution is -0.138.